The second kappa shape index (κ2) is 9.48. The molecule has 1 fully saturated rings. The lowest BCUT2D eigenvalue weighted by Gasteiger charge is -2.17. The van der Waals surface area contributed by atoms with Gasteiger partial charge in [-0.25, -0.2) is 0 Å². The molecular weight excluding hydrogens is 267 g/mol. The van der Waals surface area contributed by atoms with Gasteiger partial charge in [-0.2, -0.15) is 0 Å². The van der Waals surface area contributed by atoms with Gasteiger partial charge >= 0.3 is 0 Å². The highest BCUT2D eigenvalue weighted by Gasteiger charge is 2.05. The SMILES string of the molecule is CC1CCNCC1.Cl.Cl.c1cc2cc(c1)NCC2. The van der Waals surface area contributed by atoms with Crippen molar-refractivity contribution in [3.8, 4) is 0 Å². The Labute approximate surface area is 123 Å². The number of halogens is 2. The Kier molecular flexibility index (Phi) is 9.25. The Balaban J connectivity index is 0.000000297. The Morgan fingerprint density at radius 3 is 2.28 bits per heavy atom. The van der Waals surface area contributed by atoms with Crippen molar-refractivity contribution in [1.82, 2.24) is 5.32 Å². The molecule has 2 aliphatic rings. The molecule has 3 rings (SSSR count). The van der Waals surface area contributed by atoms with E-state index >= 15 is 0 Å². The van der Waals surface area contributed by atoms with Crippen molar-refractivity contribution in [2.45, 2.75) is 26.2 Å². The molecule has 0 amide bonds. The summed E-state index contributed by atoms with van der Waals surface area (Å²) in [5.74, 6) is 0.973. The van der Waals surface area contributed by atoms with Gasteiger partial charge in [0.2, 0.25) is 0 Å². The lowest BCUT2D eigenvalue weighted by atomic mass is 10.0. The van der Waals surface area contributed by atoms with Crippen LogP contribution in [0.3, 0.4) is 0 Å². The molecule has 18 heavy (non-hydrogen) atoms. The molecule has 0 aromatic heterocycles. The summed E-state index contributed by atoms with van der Waals surface area (Å²) in [6.07, 6.45) is 3.92. The first-order chi connectivity index (χ1) is 7.84. The van der Waals surface area contributed by atoms with Gasteiger partial charge in [0, 0.05) is 12.2 Å². The number of hydrogen-bond donors (Lipinski definition) is 2. The molecule has 2 aliphatic heterocycles. The first-order valence-electron chi connectivity index (χ1n) is 6.38. The van der Waals surface area contributed by atoms with E-state index in [-0.39, 0.29) is 24.8 Å². The van der Waals surface area contributed by atoms with E-state index in [1.807, 2.05) is 0 Å². The van der Waals surface area contributed by atoms with Crippen molar-refractivity contribution >= 4 is 30.5 Å². The predicted molar refractivity (Wildman–Crippen MR) is 84.4 cm³/mol. The molecule has 104 valence electrons. The molecule has 1 aromatic rings. The molecule has 4 heteroatoms. The average Bonchev–Trinajstić information content (AvgIpc) is 2.31. The zero-order valence-electron chi connectivity index (χ0n) is 10.9. The van der Waals surface area contributed by atoms with Crippen LogP contribution in [0.5, 0.6) is 0 Å². The molecule has 1 saturated heterocycles. The largest absolute Gasteiger partial charge is 0.385 e. The van der Waals surface area contributed by atoms with Crippen molar-refractivity contribution in [3.05, 3.63) is 29.8 Å². The van der Waals surface area contributed by atoms with Crippen LogP contribution in [0.1, 0.15) is 25.3 Å². The normalized spacial score (nSPS) is 17.2. The smallest absolute Gasteiger partial charge is 0.0343 e. The standard InChI is InChI=1S/C8H9N.C6H13N.2ClH/c1-2-7-4-5-9-8(3-1)6-7;1-6-2-4-7-5-3-6;;/h1-3,6,9H,4-5H2;6-7H,2-5H2,1H3;2*1H. The monoisotopic (exact) mass is 290 g/mol. The van der Waals surface area contributed by atoms with E-state index < -0.39 is 0 Å². The Hall–Kier alpha value is -0.440. The van der Waals surface area contributed by atoms with Gasteiger partial charge in [0.05, 0.1) is 0 Å². The fraction of sp³-hybridized carbons (Fsp3) is 0.571. The number of piperidine rings is 1. The van der Waals surface area contributed by atoms with Crippen LogP contribution in [-0.2, 0) is 6.42 Å². The van der Waals surface area contributed by atoms with Crippen molar-refractivity contribution < 1.29 is 0 Å². The van der Waals surface area contributed by atoms with Gasteiger partial charge in [-0.3, -0.25) is 0 Å². The number of benzene rings is 1. The predicted octanol–water partition coefficient (Wildman–Crippen LogP) is 3.50. The van der Waals surface area contributed by atoms with E-state index in [9.17, 15) is 0 Å². The van der Waals surface area contributed by atoms with Gasteiger partial charge in [-0.15, -0.1) is 24.8 Å². The van der Waals surface area contributed by atoms with Crippen LogP contribution < -0.4 is 10.6 Å². The third-order valence-electron chi connectivity index (χ3n) is 3.30. The van der Waals surface area contributed by atoms with Crippen molar-refractivity contribution in [1.29, 1.82) is 0 Å². The minimum atomic E-state index is 0. The van der Waals surface area contributed by atoms with Gasteiger partial charge < -0.3 is 10.6 Å². The third kappa shape index (κ3) is 5.94. The highest BCUT2D eigenvalue weighted by Crippen LogP contribution is 2.14. The minimum absolute atomic E-state index is 0. The number of hydrogen-bond acceptors (Lipinski definition) is 2. The summed E-state index contributed by atoms with van der Waals surface area (Å²) < 4.78 is 0. The molecule has 0 radical (unpaired) electrons. The van der Waals surface area contributed by atoms with E-state index in [2.05, 4.69) is 41.8 Å². The van der Waals surface area contributed by atoms with Gasteiger partial charge in [-0.1, -0.05) is 19.1 Å². The van der Waals surface area contributed by atoms with Gasteiger partial charge in [0.1, 0.15) is 0 Å². The van der Waals surface area contributed by atoms with E-state index in [1.54, 1.807) is 0 Å². The maximum atomic E-state index is 3.32. The van der Waals surface area contributed by atoms with Gasteiger partial charge in [0.25, 0.3) is 0 Å². The summed E-state index contributed by atoms with van der Waals surface area (Å²) in [5.41, 5.74) is 2.71. The zero-order valence-corrected chi connectivity index (χ0v) is 12.6. The van der Waals surface area contributed by atoms with Crippen molar-refractivity contribution in [2.24, 2.45) is 5.92 Å². The fourth-order valence-electron chi connectivity index (χ4n) is 2.15. The van der Waals surface area contributed by atoms with Crippen LogP contribution in [-0.4, -0.2) is 19.6 Å². The van der Waals surface area contributed by atoms with E-state index in [0.717, 1.165) is 12.5 Å². The third-order valence-corrected chi connectivity index (χ3v) is 3.30. The summed E-state index contributed by atoms with van der Waals surface area (Å²) in [6.45, 7) is 5.89. The molecular formula is C14H24Cl2N2. The van der Waals surface area contributed by atoms with E-state index in [0.29, 0.717) is 0 Å². The van der Waals surface area contributed by atoms with Crippen LogP contribution in [0.25, 0.3) is 0 Å². The molecule has 2 N–H and O–H groups in total. The average molecular weight is 291 g/mol. The fourth-order valence-corrected chi connectivity index (χ4v) is 2.15. The molecule has 0 spiro atoms. The first kappa shape index (κ1) is 17.6. The maximum absolute atomic E-state index is 3.32. The molecule has 2 bridgehead atoms. The summed E-state index contributed by atoms with van der Waals surface area (Å²) in [5, 5.41) is 6.60. The molecule has 2 nitrogen and oxygen atoms in total. The zero-order chi connectivity index (χ0) is 11.2. The van der Waals surface area contributed by atoms with Crippen LogP contribution in [0.4, 0.5) is 5.69 Å². The van der Waals surface area contributed by atoms with Crippen molar-refractivity contribution in [2.75, 3.05) is 25.0 Å². The summed E-state index contributed by atoms with van der Waals surface area (Å²) in [6, 6.07) is 8.56. The molecule has 0 unspecified atom stereocenters. The number of fused-ring (bicyclic) bond motifs is 2. The summed E-state index contributed by atoms with van der Waals surface area (Å²) in [4.78, 5) is 0. The van der Waals surface area contributed by atoms with Gasteiger partial charge in [-0.05, 0) is 56.0 Å². The Morgan fingerprint density at radius 2 is 1.78 bits per heavy atom. The number of nitrogens with one attached hydrogen (secondary N) is 2. The lowest BCUT2D eigenvalue weighted by molar-refractivity contribution is 0.402. The van der Waals surface area contributed by atoms with Crippen molar-refractivity contribution in [3.63, 3.8) is 0 Å². The minimum Gasteiger partial charge on any atom is -0.385 e. The van der Waals surface area contributed by atoms with Crippen LogP contribution in [0.2, 0.25) is 0 Å². The lowest BCUT2D eigenvalue weighted by Crippen LogP contribution is -2.26. The molecule has 1 aromatic carbocycles. The van der Waals surface area contributed by atoms with Crippen LogP contribution >= 0.6 is 24.8 Å². The number of rotatable bonds is 0. The highest BCUT2D eigenvalue weighted by atomic mass is 35.5. The summed E-state index contributed by atoms with van der Waals surface area (Å²) >= 11 is 0. The van der Waals surface area contributed by atoms with Crippen LogP contribution in [0, 0.1) is 5.92 Å². The van der Waals surface area contributed by atoms with E-state index in [4.69, 9.17) is 0 Å². The topological polar surface area (TPSA) is 24.1 Å². The number of anilines is 1. The summed E-state index contributed by atoms with van der Waals surface area (Å²) in [7, 11) is 0. The van der Waals surface area contributed by atoms with E-state index in [1.165, 1.54) is 43.6 Å². The molecule has 0 saturated carbocycles. The molecule has 0 atom stereocenters. The van der Waals surface area contributed by atoms with Crippen LogP contribution in [0.15, 0.2) is 24.3 Å². The molecule has 0 aliphatic carbocycles. The maximum Gasteiger partial charge on any atom is 0.0343 e. The second-order valence-electron chi connectivity index (χ2n) is 4.81. The first-order valence-corrected chi connectivity index (χ1v) is 6.38. The quantitative estimate of drug-likeness (QED) is 0.764. The molecule has 2 heterocycles. The highest BCUT2D eigenvalue weighted by molar-refractivity contribution is 5.85. The van der Waals surface area contributed by atoms with Gasteiger partial charge in [0.15, 0.2) is 0 Å². The Morgan fingerprint density at radius 1 is 1.06 bits per heavy atom. The Bertz CT molecular complexity index is 306. The second-order valence-corrected chi connectivity index (χ2v) is 4.81.